The third-order valence-electron chi connectivity index (χ3n) is 2.34. The van der Waals surface area contributed by atoms with Gasteiger partial charge in [-0.25, -0.2) is 0 Å². The van der Waals surface area contributed by atoms with Gasteiger partial charge in [0, 0.05) is 19.0 Å². The molecular weight excluding hydrogens is 184 g/mol. The van der Waals surface area contributed by atoms with Crippen molar-refractivity contribution in [3.8, 4) is 0 Å². The average molecular weight is 202 g/mol. The minimum absolute atomic E-state index is 0.0723. The van der Waals surface area contributed by atoms with Crippen molar-refractivity contribution < 1.29 is 15.0 Å². The first kappa shape index (κ1) is 11.4. The molecule has 0 aromatic carbocycles. The Labute approximate surface area is 83.5 Å². The highest BCUT2D eigenvalue weighted by atomic mass is 16.3. The highest BCUT2D eigenvalue weighted by Crippen LogP contribution is 2.07. The van der Waals surface area contributed by atoms with Crippen molar-refractivity contribution in [2.24, 2.45) is 0 Å². The molecular formula is C9H18N2O3. The molecule has 1 rings (SSSR count). The summed E-state index contributed by atoms with van der Waals surface area (Å²) >= 11 is 0. The first-order valence-electron chi connectivity index (χ1n) is 5.01. The summed E-state index contributed by atoms with van der Waals surface area (Å²) in [6.07, 6.45) is 1.77. The number of nitrogens with one attached hydrogen (secondary N) is 2. The zero-order valence-electron chi connectivity index (χ0n) is 8.20. The molecule has 0 aromatic rings. The lowest BCUT2D eigenvalue weighted by Gasteiger charge is -2.12. The Hall–Kier alpha value is -0.650. The zero-order chi connectivity index (χ0) is 10.4. The molecule has 0 aromatic heterocycles. The van der Waals surface area contributed by atoms with Crippen LogP contribution in [0.25, 0.3) is 0 Å². The number of hydrogen-bond acceptors (Lipinski definition) is 4. The predicted octanol–water partition coefficient (Wildman–Crippen LogP) is -1.40. The van der Waals surface area contributed by atoms with Gasteiger partial charge in [-0.15, -0.1) is 0 Å². The first-order valence-corrected chi connectivity index (χ1v) is 5.01. The maximum Gasteiger partial charge on any atom is 0.221 e. The largest absolute Gasteiger partial charge is 0.394 e. The van der Waals surface area contributed by atoms with Crippen molar-refractivity contribution in [1.29, 1.82) is 0 Å². The van der Waals surface area contributed by atoms with Crippen molar-refractivity contribution >= 4 is 5.91 Å². The molecule has 0 bridgehead atoms. The van der Waals surface area contributed by atoms with E-state index < -0.39 is 6.10 Å². The molecule has 0 aliphatic carbocycles. The highest BCUT2D eigenvalue weighted by Gasteiger charge is 2.17. The Morgan fingerprint density at radius 3 is 3.00 bits per heavy atom. The third kappa shape index (κ3) is 4.04. The average Bonchev–Trinajstić information content (AvgIpc) is 2.66. The van der Waals surface area contributed by atoms with Gasteiger partial charge in [0.15, 0.2) is 0 Å². The Kier molecular flexibility index (Phi) is 4.86. The summed E-state index contributed by atoms with van der Waals surface area (Å²) in [4.78, 5) is 11.3. The second-order valence-electron chi connectivity index (χ2n) is 3.64. The first-order chi connectivity index (χ1) is 6.72. The van der Waals surface area contributed by atoms with Crippen LogP contribution in [0.4, 0.5) is 0 Å². The van der Waals surface area contributed by atoms with Gasteiger partial charge in [-0.3, -0.25) is 4.79 Å². The monoisotopic (exact) mass is 202 g/mol. The van der Waals surface area contributed by atoms with Gasteiger partial charge in [-0.1, -0.05) is 0 Å². The van der Waals surface area contributed by atoms with Crippen LogP contribution >= 0.6 is 0 Å². The van der Waals surface area contributed by atoms with E-state index in [-0.39, 0.29) is 25.1 Å². The SMILES string of the molecule is O=C(CC1CCCN1)NCC(O)CO. The van der Waals surface area contributed by atoms with E-state index >= 15 is 0 Å². The quantitative estimate of drug-likeness (QED) is 0.442. The standard InChI is InChI=1S/C9H18N2O3/c12-6-8(13)5-11-9(14)4-7-2-1-3-10-7/h7-8,10,12-13H,1-6H2,(H,11,14). The summed E-state index contributed by atoms with van der Waals surface area (Å²) in [6, 6.07) is 0.279. The van der Waals surface area contributed by atoms with Gasteiger partial charge in [0.2, 0.25) is 5.91 Å². The molecule has 14 heavy (non-hydrogen) atoms. The van der Waals surface area contributed by atoms with Crippen molar-refractivity contribution in [1.82, 2.24) is 10.6 Å². The van der Waals surface area contributed by atoms with Crippen molar-refractivity contribution in [3.05, 3.63) is 0 Å². The molecule has 2 atom stereocenters. The minimum atomic E-state index is -0.851. The van der Waals surface area contributed by atoms with Crippen LogP contribution in [-0.2, 0) is 4.79 Å². The number of rotatable bonds is 5. The van der Waals surface area contributed by atoms with E-state index in [9.17, 15) is 4.79 Å². The molecule has 2 unspecified atom stereocenters. The summed E-state index contributed by atoms with van der Waals surface area (Å²) in [5.41, 5.74) is 0. The molecule has 0 spiro atoms. The fraction of sp³-hybridized carbons (Fsp3) is 0.889. The number of hydrogen-bond donors (Lipinski definition) is 4. The zero-order valence-corrected chi connectivity index (χ0v) is 8.20. The smallest absolute Gasteiger partial charge is 0.221 e. The molecule has 0 saturated carbocycles. The second-order valence-corrected chi connectivity index (χ2v) is 3.64. The number of carbonyl (C=O) groups is 1. The molecule has 5 nitrogen and oxygen atoms in total. The van der Waals surface area contributed by atoms with E-state index in [1.54, 1.807) is 0 Å². The van der Waals surface area contributed by atoms with Crippen LogP contribution in [0.5, 0.6) is 0 Å². The van der Waals surface area contributed by atoms with Gasteiger partial charge >= 0.3 is 0 Å². The van der Waals surface area contributed by atoms with Gasteiger partial charge < -0.3 is 20.8 Å². The number of aliphatic hydroxyl groups is 2. The van der Waals surface area contributed by atoms with Crippen LogP contribution in [0.3, 0.4) is 0 Å². The highest BCUT2D eigenvalue weighted by molar-refractivity contribution is 5.76. The lowest BCUT2D eigenvalue weighted by atomic mass is 10.1. The fourth-order valence-electron chi connectivity index (χ4n) is 1.52. The molecule has 5 heteroatoms. The van der Waals surface area contributed by atoms with Gasteiger partial charge in [-0.2, -0.15) is 0 Å². The van der Waals surface area contributed by atoms with Crippen molar-refractivity contribution in [3.63, 3.8) is 0 Å². The Bertz CT molecular complexity index is 181. The van der Waals surface area contributed by atoms with Crippen LogP contribution in [0, 0.1) is 0 Å². The molecule has 1 aliphatic heterocycles. The number of aliphatic hydroxyl groups excluding tert-OH is 2. The molecule has 4 N–H and O–H groups in total. The molecule has 82 valence electrons. The molecule has 0 radical (unpaired) electrons. The van der Waals surface area contributed by atoms with Crippen molar-refractivity contribution in [2.45, 2.75) is 31.4 Å². The van der Waals surface area contributed by atoms with E-state index in [1.807, 2.05) is 0 Å². The fourth-order valence-corrected chi connectivity index (χ4v) is 1.52. The number of amides is 1. The summed E-state index contributed by atoms with van der Waals surface area (Å²) in [6.45, 7) is 0.793. The van der Waals surface area contributed by atoms with E-state index in [0.717, 1.165) is 19.4 Å². The summed E-state index contributed by atoms with van der Waals surface area (Å²) in [5.74, 6) is -0.0723. The topological polar surface area (TPSA) is 81.6 Å². The lowest BCUT2D eigenvalue weighted by molar-refractivity contribution is -0.122. The molecule has 1 fully saturated rings. The van der Waals surface area contributed by atoms with E-state index in [4.69, 9.17) is 10.2 Å². The third-order valence-corrected chi connectivity index (χ3v) is 2.34. The van der Waals surface area contributed by atoms with E-state index in [0.29, 0.717) is 6.42 Å². The maximum atomic E-state index is 11.3. The van der Waals surface area contributed by atoms with Gasteiger partial charge in [0.1, 0.15) is 0 Å². The Balaban J connectivity index is 2.09. The molecule has 1 amide bonds. The van der Waals surface area contributed by atoms with Crippen molar-refractivity contribution in [2.75, 3.05) is 19.7 Å². The number of carbonyl (C=O) groups excluding carboxylic acids is 1. The van der Waals surface area contributed by atoms with E-state index in [1.165, 1.54) is 0 Å². The summed E-state index contributed by atoms with van der Waals surface area (Å²) in [5, 5.41) is 23.3. The summed E-state index contributed by atoms with van der Waals surface area (Å²) in [7, 11) is 0. The molecule has 1 heterocycles. The Morgan fingerprint density at radius 2 is 2.43 bits per heavy atom. The summed E-state index contributed by atoms with van der Waals surface area (Å²) < 4.78 is 0. The van der Waals surface area contributed by atoms with Crippen LogP contribution in [0.2, 0.25) is 0 Å². The Morgan fingerprint density at radius 1 is 1.64 bits per heavy atom. The normalized spacial score (nSPS) is 23.4. The predicted molar refractivity (Wildman–Crippen MR) is 51.7 cm³/mol. The molecule has 1 aliphatic rings. The van der Waals surface area contributed by atoms with Crippen LogP contribution < -0.4 is 10.6 Å². The van der Waals surface area contributed by atoms with Crippen LogP contribution in [-0.4, -0.2) is 48.0 Å². The minimum Gasteiger partial charge on any atom is -0.394 e. The van der Waals surface area contributed by atoms with E-state index in [2.05, 4.69) is 10.6 Å². The van der Waals surface area contributed by atoms with Gasteiger partial charge in [-0.05, 0) is 19.4 Å². The van der Waals surface area contributed by atoms with Gasteiger partial charge in [0.05, 0.1) is 12.7 Å². The lowest BCUT2D eigenvalue weighted by Crippen LogP contribution is -2.37. The maximum absolute atomic E-state index is 11.3. The van der Waals surface area contributed by atoms with Crippen LogP contribution in [0.15, 0.2) is 0 Å². The second kappa shape index (κ2) is 5.95. The van der Waals surface area contributed by atoms with Gasteiger partial charge in [0.25, 0.3) is 0 Å². The molecule has 1 saturated heterocycles. The van der Waals surface area contributed by atoms with Crippen LogP contribution in [0.1, 0.15) is 19.3 Å².